The fraction of sp³-hybridized carbons (Fsp3) is 0.417. The molecule has 1 rings (SSSR count). The molecule has 2 N–H and O–H groups in total. The monoisotopic (exact) mass is 241 g/mol. The van der Waals surface area contributed by atoms with Gasteiger partial charge in [0.05, 0.1) is 17.9 Å². The highest BCUT2D eigenvalue weighted by molar-refractivity contribution is 5.88. The number of hydrogen-bond donors (Lipinski definition) is 2. The van der Waals surface area contributed by atoms with E-state index in [4.69, 9.17) is 9.84 Å². The molecule has 0 radical (unpaired) electrons. The number of aromatic carboxylic acids is 1. The number of benzene rings is 1. The van der Waals surface area contributed by atoms with Gasteiger partial charge in [-0.1, -0.05) is 6.92 Å². The summed E-state index contributed by atoms with van der Waals surface area (Å²) in [5, 5.41) is 11.7. The van der Waals surface area contributed by atoms with Gasteiger partial charge in [-0.2, -0.15) is 0 Å². The zero-order valence-corrected chi connectivity index (χ0v) is 9.87. The van der Waals surface area contributed by atoms with Crippen molar-refractivity contribution < 1.29 is 19.0 Å². The number of anilines is 1. The van der Waals surface area contributed by atoms with Gasteiger partial charge in [0.25, 0.3) is 0 Å². The maximum absolute atomic E-state index is 13.5. The summed E-state index contributed by atoms with van der Waals surface area (Å²) < 4.78 is 18.5. The third kappa shape index (κ3) is 3.71. The number of carboxylic acids is 1. The molecule has 94 valence electrons. The van der Waals surface area contributed by atoms with E-state index in [0.29, 0.717) is 6.61 Å². The third-order valence-corrected chi connectivity index (χ3v) is 2.43. The fourth-order valence-electron chi connectivity index (χ4n) is 1.45. The first-order chi connectivity index (χ1) is 8.08. The lowest BCUT2D eigenvalue weighted by Crippen LogP contribution is -2.24. The average Bonchev–Trinajstić information content (AvgIpc) is 2.30. The molecule has 0 heterocycles. The van der Waals surface area contributed by atoms with Crippen LogP contribution in [0.5, 0.6) is 0 Å². The molecule has 1 aromatic carbocycles. The van der Waals surface area contributed by atoms with E-state index in [9.17, 15) is 9.18 Å². The van der Waals surface area contributed by atoms with E-state index < -0.39 is 11.8 Å². The summed E-state index contributed by atoms with van der Waals surface area (Å²) in [5.74, 6) is -1.54. The van der Waals surface area contributed by atoms with Crippen LogP contribution in [0.15, 0.2) is 18.2 Å². The average molecular weight is 241 g/mol. The van der Waals surface area contributed by atoms with Crippen LogP contribution in [-0.2, 0) is 4.74 Å². The first-order valence-electron chi connectivity index (χ1n) is 5.36. The van der Waals surface area contributed by atoms with E-state index in [0.717, 1.165) is 12.5 Å². The van der Waals surface area contributed by atoms with Crippen LogP contribution in [0.1, 0.15) is 23.7 Å². The second-order valence-electron chi connectivity index (χ2n) is 3.70. The lowest BCUT2D eigenvalue weighted by Gasteiger charge is -2.18. The topological polar surface area (TPSA) is 58.6 Å². The molecule has 0 aliphatic heterocycles. The second kappa shape index (κ2) is 6.20. The lowest BCUT2D eigenvalue weighted by atomic mass is 10.1. The van der Waals surface area contributed by atoms with Gasteiger partial charge in [0.2, 0.25) is 0 Å². The van der Waals surface area contributed by atoms with Crippen molar-refractivity contribution in [3.05, 3.63) is 29.6 Å². The normalized spacial score (nSPS) is 12.2. The van der Waals surface area contributed by atoms with E-state index >= 15 is 0 Å². The summed E-state index contributed by atoms with van der Waals surface area (Å²) in [4.78, 5) is 10.8. The van der Waals surface area contributed by atoms with Crippen molar-refractivity contribution in [1.82, 2.24) is 0 Å². The number of ether oxygens (including phenoxy) is 1. The number of rotatable bonds is 6. The van der Waals surface area contributed by atoms with Gasteiger partial charge in [0.1, 0.15) is 5.82 Å². The standard InChI is InChI=1S/C12H16FNO3/c1-3-9(7-17-2)14-11-6-8(12(15)16)4-5-10(11)13/h4-6,9,14H,3,7H2,1-2H3,(H,15,16). The van der Waals surface area contributed by atoms with Gasteiger partial charge in [-0.15, -0.1) is 0 Å². The van der Waals surface area contributed by atoms with Crippen LogP contribution in [0.25, 0.3) is 0 Å². The molecule has 1 atom stereocenters. The molecule has 0 saturated heterocycles. The lowest BCUT2D eigenvalue weighted by molar-refractivity contribution is 0.0697. The number of hydrogen-bond acceptors (Lipinski definition) is 3. The van der Waals surface area contributed by atoms with Gasteiger partial charge in [0, 0.05) is 13.2 Å². The van der Waals surface area contributed by atoms with Crippen LogP contribution in [0.2, 0.25) is 0 Å². The Kier molecular flexibility index (Phi) is 4.90. The van der Waals surface area contributed by atoms with Crippen LogP contribution >= 0.6 is 0 Å². The zero-order chi connectivity index (χ0) is 12.8. The molecule has 0 aliphatic rings. The molecule has 17 heavy (non-hydrogen) atoms. The highest BCUT2D eigenvalue weighted by Gasteiger charge is 2.12. The smallest absolute Gasteiger partial charge is 0.335 e. The SMILES string of the molecule is CCC(COC)Nc1cc(C(=O)O)ccc1F. The minimum Gasteiger partial charge on any atom is -0.478 e. The Bertz CT molecular complexity index is 395. The molecule has 1 unspecified atom stereocenters. The predicted molar refractivity (Wildman–Crippen MR) is 62.9 cm³/mol. The third-order valence-electron chi connectivity index (χ3n) is 2.43. The van der Waals surface area contributed by atoms with E-state index in [1.165, 1.54) is 12.1 Å². The van der Waals surface area contributed by atoms with Crippen LogP contribution in [-0.4, -0.2) is 30.8 Å². The fourth-order valence-corrected chi connectivity index (χ4v) is 1.45. The van der Waals surface area contributed by atoms with Gasteiger partial charge >= 0.3 is 5.97 Å². The maximum Gasteiger partial charge on any atom is 0.335 e. The van der Waals surface area contributed by atoms with Crippen molar-refractivity contribution in [1.29, 1.82) is 0 Å². The highest BCUT2D eigenvalue weighted by atomic mass is 19.1. The van der Waals surface area contributed by atoms with Crippen LogP contribution in [0.3, 0.4) is 0 Å². The van der Waals surface area contributed by atoms with Crippen LogP contribution < -0.4 is 5.32 Å². The molecule has 0 bridgehead atoms. The van der Waals surface area contributed by atoms with E-state index in [1.807, 2.05) is 6.92 Å². The Morgan fingerprint density at radius 2 is 2.29 bits per heavy atom. The molecule has 0 aromatic heterocycles. The highest BCUT2D eigenvalue weighted by Crippen LogP contribution is 2.18. The Morgan fingerprint density at radius 1 is 1.59 bits per heavy atom. The largest absolute Gasteiger partial charge is 0.478 e. The molecule has 0 aliphatic carbocycles. The van der Waals surface area contributed by atoms with Crippen LogP contribution in [0, 0.1) is 5.82 Å². The summed E-state index contributed by atoms with van der Waals surface area (Å²) in [7, 11) is 1.56. The van der Waals surface area contributed by atoms with E-state index in [2.05, 4.69) is 5.32 Å². The number of methoxy groups -OCH3 is 1. The molecule has 4 nitrogen and oxygen atoms in total. The molecule has 0 amide bonds. The first-order valence-corrected chi connectivity index (χ1v) is 5.36. The number of halogens is 1. The number of carboxylic acid groups (broad SMARTS) is 1. The van der Waals surface area contributed by atoms with Gasteiger partial charge in [-0.3, -0.25) is 0 Å². The minimum atomic E-state index is -1.08. The molecule has 0 fully saturated rings. The number of nitrogens with one attached hydrogen (secondary N) is 1. The molecule has 1 aromatic rings. The summed E-state index contributed by atoms with van der Waals surface area (Å²) in [6.07, 6.45) is 0.755. The summed E-state index contributed by atoms with van der Waals surface area (Å²) in [6, 6.07) is 3.63. The van der Waals surface area contributed by atoms with Crippen molar-refractivity contribution in [2.24, 2.45) is 0 Å². The minimum absolute atomic E-state index is 0.0430. The predicted octanol–water partition coefficient (Wildman–Crippen LogP) is 2.36. The second-order valence-corrected chi connectivity index (χ2v) is 3.70. The Hall–Kier alpha value is -1.62. The van der Waals surface area contributed by atoms with Crippen molar-refractivity contribution >= 4 is 11.7 Å². The van der Waals surface area contributed by atoms with E-state index in [-0.39, 0.29) is 17.3 Å². The molecule has 5 heteroatoms. The Balaban J connectivity index is 2.88. The number of carbonyl (C=O) groups is 1. The van der Waals surface area contributed by atoms with Gasteiger partial charge in [-0.25, -0.2) is 9.18 Å². The van der Waals surface area contributed by atoms with Gasteiger partial charge in [0.15, 0.2) is 0 Å². The van der Waals surface area contributed by atoms with Crippen molar-refractivity contribution in [2.45, 2.75) is 19.4 Å². The van der Waals surface area contributed by atoms with Crippen molar-refractivity contribution in [2.75, 3.05) is 19.0 Å². The summed E-state index contributed by atoms with van der Waals surface area (Å²) in [5.41, 5.74) is 0.245. The van der Waals surface area contributed by atoms with Crippen LogP contribution in [0.4, 0.5) is 10.1 Å². The van der Waals surface area contributed by atoms with Gasteiger partial charge < -0.3 is 15.2 Å². The summed E-state index contributed by atoms with van der Waals surface area (Å²) in [6.45, 7) is 2.38. The Labute approximate surface area is 99.4 Å². The van der Waals surface area contributed by atoms with E-state index in [1.54, 1.807) is 7.11 Å². The van der Waals surface area contributed by atoms with Crippen molar-refractivity contribution in [3.63, 3.8) is 0 Å². The maximum atomic E-state index is 13.5. The molecule has 0 spiro atoms. The summed E-state index contributed by atoms with van der Waals surface area (Å²) >= 11 is 0. The molecular formula is C12H16FNO3. The first kappa shape index (κ1) is 13.4. The molecular weight excluding hydrogens is 225 g/mol. The molecule has 0 saturated carbocycles. The van der Waals surface area contributed by atoms with Gasteiger partial charge in [-0.05, 0) is 24.6 Å². The van der Waals surface area contributed by atoms with Crippen molar-refractivity contribution in [3.8, 4) is 0 Å². The Morgan fingerprint density at radius 3 is 2.82 bits per heavy atom. The quantitative estimate of drug-likeness (QED) is 0.802. The zero-order valence-electron chi connectivity index (χ0n) is 9.87.